The number of nitrogens with zero attached hydrogens (tertiary/aromatic N) is 1. The van der Waals surface area contributed by atoms with E-state index in [1.165, 1.54) is 18.5 Å². The second-order valence-corrected chi connectivity index (χ2v) is 9.29. The molecule has 1 aliphatic rings. The van der Waals surface area contributed by atoms with Crippen molar-refractivity contribution in [3.8, 4) is 5.75 Å². The summed E-state index contributed by atoms with van der Waals surface area (Å²) in [5, 5.41) is 2.75. The topological polar surface area (TPSA) is 102 Å². The minimum Gasteiger partial charge on any atom is -0.495 e. The monoisotopic (exact) mass is 446 g/mol. The highest BCUT2D eigenvalue weighted by Gasteiger charge is 2.35. The third-order valence-corrected chi connectivity index (χ3v) is 7.17. The van der Waals surface area contributed by atoms with Crippen molar-refractivity contribution in [1.29, 1.82) is 0 Å². The Hall–Kier alpha value is -2.91. The number of anilines is 1. The highest BCUT2D eigenvalue weighted by atomic mass is 32.2. The Morgan fingerprint density at radius 2 is 1.87 bits per heavy atom. The zero-order valence-corrected chi connectivity index (χ0v) is 18.6. The van der Waals surface area contributed by atoms with Gasteiger partial charge in [0.15, 0.2) is 0 Å². The molecule has 1 heterocycles. The van der Waals surface area contributed by atoms with Crippen molar-refractivity contribution < 1.29 is 27.5 Å². The molecule has 0 unspecified atom stereocenters. The molecule has 1 saturated heterocycles. The van der Waals surface area contributed by atoms with E-state index in [4.69, 9.17) is 9.47 Å². The molecular formula is C22H26N2O6S. The van der Waals surface area contributed by atoms with E-state index >= 15 is 0 Å². The van der Waals surface area contributed by atoms with E-state index < -0.39 is 21.9 Å². The predicted octanol–water partition coefficient (Wildman–Crippen LogP) is 2.83. The lowest BCUT2D eigenvalue weighted by atomic mass is 9.98. The van der Waals surface area contributed by atoms with Crippen LogP contribution < -0.4 is 10.1 Å². The van der Waals surface area contributed by atoms with Gasteiger partial charge in [-0.2, -0.15) is 4.31 Å². The molecule has 0 saturated carbocycles. The number of para-hydroxylation sites is 1. The minimum absolute atomic E-state index is 0.0473. The molecular weight excluding hydrogens is 420 g/mol. The first kappa shape index (κ1) is 22.8. The number of esters is 1. The molecule has 31 heavy (non-hydrogen) atoms. The van der Waals surface area contributed by atoms with Gasteiger partial charge in [0.2, 0.25) is 15.9 Å². The van der Waals surface area contributed by atoms with Crippen molar-refractivity contribution in [3.05, 3.63) is 53.6 Å². The summed E-state index contributed by atoms with van der Waals surface area (Å²) < 4.78 is 37.9. The van der Waals surface area contributed by atoms with E-state index in [1.54, 1.807) is 42.5 Å². The number of methoxy groups -OCH3 is 2. The van der Waals surface area contributed by atoms with Gasteiger partial charge in [0, 0.05) is 13.1 Å². The van der Waals surface area contributed by atoms with Crippen molar-refractivity contribution in [3.63, 3.8) is 0 Å². The number of aryl methyl sites for hydroxylation is 1. The van der Waals surface area contributed by atoms with E-state index in [0.717, 1.165) is 5.56 Å². The average Bonchev–Trinajstić information content (AvgIpc) is 2.79. The van der Waals surface area contributed by atoms with Crippen LogP contribution >= 0.6 is 0 Å². The quantitative estimate of drug-likeness (QED) is 0.685. The molecule has 1 atom stereocenters. The maximum Gasteiger partial charge on any atom is 0.339 e. The van der Waals surface area contributed by atoms with Gasteiger partial charge in [-0.05, 0) is 49.6 Å². The fourth-order valence-corrected chi connectivity index (χ4v) is 5.38. The van der Waals surface area contributed by atoms with Gasteiger partial charge in [-0.25, -0.2) is 13.2 Å². The van der Waals surface area contributed by atoms with Crippen LogP contribution in [0, 0.1) is 12.8 Å². The van der Waals surface area contributed by atoms with Crippen molar-refractivity contribution in [1.82, 2.24) is 4.31 Å². The summed E-state index contributed by atoms with van der Waals surface area (Å²) in [6.07, 6.45) is 1.09. The van der Waals surface area contributed by atoms with E-state index in [1.807, 2.05) is 6.92 Å². The molecule has 0 radical (unpaired) electrons. The van der Waals surface area contributed by atoms with E-state index in [2.05, 4.69) is 5.32 Å². The number of carbonyl (C=O) groups excluding carboxylic acids is 2. The van der Waals surface area contributed by atoms with Crippen molar-refractivity contribution in [2.75, 3.05) is 32.6 Å². The summed E-state index contributed by atoms with van der Waals surface area (Å²) in [5.41, 5.74) is 1.37. The maximum atomic E-state index is 13.3. The lowest BCUT2D eigenvalue weighted by Crippen LogP contribution is -2.43. The number of carbonyl (C=O) groups is 2. The van der Waals surface area contributed by atoms with Gasteiger partial charge in [0.25, 0.3) is 0 Å². The van der Waals surface area contributed by atoms with Gasteiger partial charge in [-0.15, -0.1) is 0 Å². The lowest BCUT2D eigenvalue weighted by molar-refractivity contribution is -0.120. The summed E-state index contributed by atoms with van der Waals surface area (Å²) in [7, 11) is -1.14. The third kappa shape index (κ3) is 4.88. The molecule has 3 rings (SSSR count). The Morgan fingerprint density at radius 3 is 2.58 bits per heavy atom. The normalized spacial score (nSPS) is 17.1. The fourth-order valence-electron chi connectivity index (χ4n) is 3.61. The van der Waals surface area contributed by atoms with Crippen molar-refractivity contribution in [2.24, 2.45) is 5.92 Å². The van der Waals surface area contributed by atoms with Gasteiger partial charge < -0.3 is 14.8 Å². The second kappa shape index (κ2) is 9.49. The van der Waals surface area contributed by atoms with E-state index in [-0.39, 0.29) is 28.7 Å². The van der Waals surface area contributed by atoms with Gasteiger partial charge in [-0.1, -0.05) is 18.2 Å². The molecule has 0 bridgehead atoms. The number of hydrogen-bond donors (Lipinski definition) is 1. The molecule has 8 nitrogen and oxygen atoms in total. The SMILES string of the molecule is COC(=O)c1ccccc1NC(=O)[C@@H]1CCCN(S(=O)(=O)c2cc(C)ccc2OC)C1. The zero-order valence-electron chi connectivity index (χ0n) is 17.8. The third-order valence-electron chi connectivity index (χ3n) is 5.28. The number of benzene rings is 2. The average molecular weight is 447 g/mol. The molecule has 1 N–H and O–H groups in total. The summed E-state index contributed by atoms with van der Waals surface area (Å²) in [6.45, 7) is 2.18. The maximum absolute atomic E-state index is 13.3. The minimum atomic E-state index is -3.84. The van der Waals surface area contributed by atoms with Gasteiger partial charge >= 0.3 is 5.97 Å². The van der Waals surface area contributed by atoms with Crippen LogP contribution in [-0.2, 0) is 19.6 Å². The summed E-state index contributed by atoms with van der Waals surface area (Å²) in [4.78, 5) is 24.9. The van der Waals surface area contributed by atoms with Crippen molar-refractivity contribution in [2.45, 2.75) is 24.7 Å². The Kier molecular flexibility index (Phi) is 6.97. The summed E-state index contributed by atoms with van der Waals surface area (Å²) in [5.74, 6) is -1.18. The number of amides is 1. The van der Waals surface area contributed by atoms with Crippen LogP contribution in [0.1, 0.15) is 28.8 Å². The molecule has 0 aromatic heterocycles. The fraction of sp³-hybridized carbons (Fsp3) is 0.364. The van der Waals surface area contributed by atoms with Crippen LogP contribution in [0.15, 0.2) is 47.4 Å². The lowest BCUT2D eigenvalue weighted by Gasteiger charge is -2.31. The Labute approximate surface area is 182 Å². The first-order valence-corrected chi connectivity index (χ1v) is 11.3. The standard InChI is InChI=1S/C22H26N2O6S/c1-15-10-11-19(29-2)20(13-15)31(27,28)24-12-6-7-16(14-24)21(25)23-18-9-5-4-8-17(18)22(26)30-3/h4-5,8-11,13,16H,6-7,12,14H2,1-3H3,(H,23,25)/t16-/m1/s1. The number of rotatable bonds is 6. The van der Waals surface area contributed by atoms with Crippen LogP contribution in [0.4, 0.5) is 5.69 Å². The molecule has 2 aromatic rings. The molecule has 0 spiro atoms. The molecule has 166 valence electrons. The summed E-state index contributed by atoms with van der Waals surface area (Å²) in [6, 6.07) is 11.5. The van der Waals surface area contributed by atoms with Gasteiger partial charge in [-0.3, -0.25) is 4.79 Å². The van der Waals surface area contributed by atoms with Crippen LogP contribution in [-0.4, -0.2) is 51.9 Å². The number of nitrogens with one attached hydrogen (secondary N) is 1. The Morgan fingerprint density at radius 1 is 1.13 bits per heavy atom. The molecule has 2 aromatic carbocycles. The molecule has 1 fully saturated rings. The molecule has 9 heteroatoms. The first-order chi connectivity index (χ1) is 14.8. The van der Waals surface area contributed by atoms with E-state index in [0.29, 0.717) is 25.1 Å². The molecule has 0 aliphatic carbocycles. The highest BCUT2D eigenvalue weighted by Crippen LogP contribution is 2.31. The molecule has 1 amide bonds. The molecule has 1 aliphatic heterocycles. The van der Waals surface area contributed by atoms with Crippen molar-refractivity contribution >= 4 is 27.6 Å². The van der Waals surface area contributed by atoms with Gasteiger partial charge in [0.1, 0.15) is 10.6 Å². The number of piperidine rings is 1. The second-order valence-electron chi connectivity index (χ2n) is 7.38. The van der Waals surface area contributed by atoms with Crippen LogP contribution in [0.3, 0.4) is 0 Å². The number of hydrogen-bond acceptors (Lipinski definition) is 6. The first-order valence-electron chi connectivity index (χ1n) is 9.91. The predicted molar refractivity (Wildman–Crippen MR) is 116 cm³/mol. The number of sulfonamides is 1. The zero-order chi connectivity index (χ0) is 22.6. The van der Waals surface area contributed by atoms with Crippen LogP contribution in [0.2, 0.25) is 0 Å². The smallest absolute Gasteiger partial charge is 0.339 e. The highest BCUT2D eigenvalue weighted by molar-refractivity contribution is 7.89. The van der Waals surface area contributed by atoms with Gasteiger partial charge in [0.05, 0.1) is 31.4 Å². The Balaban J connectivity index is 1.80. The number of ether oxygens (including phenoxy) is 2. The Bertz CT molecular complexity index is 1080. The van der Waals surface area contributed by atoms with Crippen LogP contribution in [0.25, 0.3) is 0 Å². The van der Waals surface area contributed by atoms with E-state index in [9.17, 15) is 18.0 Å². The van der Waals surface area contributed by atoms with Crippen LogP contribution in [0.5, 0.6) is 5.75 Å². The largest absolute Gasteiger partial charge is 0.495 e. The summed E-state index contributed by atoms with van der Waals surface area (Å²) >= 11 is 0.